The standard InChI is InChI=1S/C31H37F3N6O4S/c1-20(2)44-26(41)30(19-29(3,4)5,36-27(45)35-28(42)43-18-21-9-7-6-8-10-21)22-11-13-23(14-12-22)39-15-16-40-24(17-39)37-38-25(40)31(32,33)34/h6-14,20H,15-19H2,1-5H3,(H2,35,36,42,45). The summed E-state index contributed by atoms with van der Waals surface area (Å²) < 4.78 is 52.0. The molecule has 0 saturated carbocycles. The first-order valence-electron chi connectivity index (χ1n) is 14.4. The lowest BCUT2D eigenvalue weighted by molar-refractivity contribution is -0.157. The molecule has 1 aromatic heterocycles. The second-order valence-corrected chi connectivity index (χ2v) is 12.7. The molecule has 1 atom stereocenters. The van der Waals surface area contributed by atoms with Crippen LogP contribution >= 0.6 is 12.2 Å². The number of ether oxygens (including phenoxy) is 2. The van der Waals surface area contributed by atoms with Gasteiger partial charge in [-0.3, -0.25) is 5.32 Å². The number of nitrogens with one attached hydrogen (secondary N) is 2. The summed E-state index contributed by atoms with van der Waals surface area (Å²) in [5.74, 6) is -1.40. The number of alkyl carbamates (subject to hydrolysis) is 1. The number of aromatic nitrogens is 3. The minimum atomic E-state index is -4.59. The van der Waals surface area contributed by atoms with Gasteiger partial charge in [0.05, 0.1) is 12.6 Å². The van der Waals surface area contributed by atoms with Crippen molar-refractivity contribution in [3.05, 3.63) is 77.4 Å². The lowest BCUT2D eigenvalue weighted by Gasteiger charge is -2.39. The molecular weight excluding hydrogens is 609 g/mol. The molecule has 0 radical (unpaired) electrons. The van der Waals surface area contributed by atoms with Crippen molar-refractivity contribution < 1.29 is 32.2 Å². The number of carbonyl (C=O) groups excluding carboxylic acids is 2. The van der Waals surface area contributed by atoms with Crippen LogP contribution in [0, 0.1) is 5.41 Å². The number of hydrogen-bond acceptors (Lipinski definition) is 8. The zero-order valence-electron chi connectivity index (χ0n) is 25.8. The van der Waals surface area contributed by atoms with Crippen LogP contribution in [0.15, 0.2) is 54.6 Å². The highest BCUT2D eigenvalue weighted by molar-refractivity contribution is 7.80. The van der Waals surface area contributed by atoms with Crippen LogP contribution in [0.2, 0.25) is 0 Å². The molecule has 1 unspecified atom stereocenters. The lowest BCUT2D eigenvalue weighted by Crippen LogP contribution is -2.58. The van der Waals surface area contributed by atoms with E-state index in [1.807, 2.05) is 56.0 Å². The van der Waals surface area contributed by atoms with E-state index in [9.17, 15) is 22.8 Å². The van der Waals surface area contributed by atoms with Crippen molar-refractivity contribution in [2.45, 2.75) is 78.6 Å². The predicted molar refractivity (Wildman–Crippen MR) is 165 cm³/mol. The van der Waals surface area contributed by atoms with Gasteiger partial charge in [0.25, 0.3) is 0 Å². The van der Waals surface area contributed by atoms with E-state index in [2.05, 4.69) is 20.8 Å². The van der Waals surface area contributed by atoms with Crippen molar-refractivity contribution in [1.29, 1.82) is 0 Å². The molecular formula is C31H37F3N6O4S. The first kappa shape index (κ1) is 33.7. The number of thiocarbonyl (C=S) groups is 1. The molecule has 10 nitrogen and oxygen atoms in total. The van der Waals surface area contributed by atoms with E-state index in [1.54, 1.807) is 38.1 Å². The van der Waals surface area contributed by atoms with Gasteiger partial charge in [-0.25, -0.2) is 9.59 Å². The predicted octanol–water partition coefficient (Wildman–Crippen LogP) is 5.70. The highest BCUT2D eigenvalue weighted by atomic mass is 32.1. The van der Waals surface area contributed by atoms with Crippen LogP contribution in [0.1, 0.15) is 63.8 Å². The maximum absolute atomic E-state index is 13.9. The lowest BCUT2D eigenvalue weighted by atomic mass is 9.75. The van der Waals surface area contributed by atoms with Crippen molar-refractivity contribution in [2.24, 2.45) is 5.41 Å². The fourth-order valence-electron chi connectivity index (χ4n) is 5.19. The van der Waals surface area contributed by atoms with E-state index in [0.29, 0.717) is 17.8 Å². The number of halogens is 3. The van der Waals surface area contributed by atoms with Crippen LogP contribution in [0.5, 0.6) is 0 Å². The quantitative estimate of drug-likeness (QED) is 0.235. The Morgan fingerprint density at radius 1 is 1.00 bits per heavy atom. The van der Waals surface area contributed by atoms with Gasteiger partial charge in [-0.1, -0.05) is 63.2 Å². The maximum Gasteiger partial charge on any atom is 0.451 e. The van der Waals surface area contributed by atoms with Gasteiger partial charge in [0.2, 0.25) is 5.82 Å². The van der Waals surface area contributed by atoms with Gasteiger partial charge in [-0.15, -0.1) is 10.2 Å². The van der Waals surface area contributed by atoms with Gasteiger partial charge in [0.1, 0.15) is 6.61 Å². The Kier molecular flexibility index (Phi) is 10.1. The Bertz CT molecular complexity index is 1510. The number of amides is 1. The zero-order chi connectivity index (χ0) is 33.0. The van der Waals surface area contributed by atoms with Gasteiger partial charge >= 0.3 is 18.2 Å². The third-order valence-electron chi connectivity index (χ3n) is 6.97. The monoisotopic (exact) mass is 646 g/mol. The second kappa shape index (κ2) is 13.4. The summed E-state index contributed by atoms with van der Waals surface area (Å²) >= 11 is 5.49. The van der Waals surface area contributed by atoms with Crippen molar-refractivity contribution in [3.8, 4) is 0 Å². The molecule has 3 aromatic rings. The molecule has 0 fully saturated rings. The molecule has 0 spiro atoms. The molecule has 1 aliphatic heterocycles. The highest BCUT2D eigenvalue weighted by Crippen LogP contribution is 2.38. The Morgan fingerprint density at radius 2 is 1.67 bits per heavy atom. The van der Waals surface area contributed by atoms with Gasteiger partial charge < -0.3 is 24.3 Å². The van der Waals surface area contributed by atoms with Crippen LogP contribution in [0.25, 0.3) is 0 Å². The molecule has 2 N–H and O–H groups in total. The molecule has 2 heterocycles. The van der Waals surface area contributed by atoms with Crippen LogP contribution < -0.4 is 15.5 Å². The number of carbonyl (C=O) groups is 2. The smallest absolute Gasteiger partial charge is 0.451 e. The molecule has 0 saturated heterocycles. The summed E-state index contributed by atoms with van der Waals surface area (Å²) in [6.45, 7) is 9.88. The first-order valence-corrected chi connectivity index (χ1v) is 14.8. The number of nitrogens with zero attached hydrogens (tertiary/aromatic N) is 4. The Morgan fingerprint density at radius 3 is 2.27 bits per heavy atom. The number of fused-ring (bicyclic) bond motifs is 1. The van der Waals surface area contributed by atoms with E-state index in [4.69, 9.17) is 21.7 Å². The fraction of sp³-hybridized carbons (Fsp3) is 0.452. The third-order valence-corrected chi connectivity index (χ3v) is 7.18. The van der Waals surface area contributed by atoms with Crippen LogP contribution in [0.4, 0.5) is 23.7 Å². The number of hydrogen-bond donors (Lipinski definition) is 2. The molecule has 0 bridgehead atoms. The minimum absolute atomic E-state index is 0.0313. The average molecular weight is 647 g/mol. The first-order chi connectivity index (χ1) is 21.1. The minimum Gasteiger partial charge on any atom is -0.461 e. The molecule has 4 rings (SSSR count). The summed E-state index contributed by atoms with van der Waals surface area (Å²) in [6, 6.07) is 16.2. The van der Waals surface area contributed by atoms with E-state index in [0.717, 1.165) is 10.1 Å². The topological polar surface area (TPSA) is 111 Å². The SMILES string of the molecule is CC(C)OC(=O)C(CC(C)(C)C)(NC(=S)NC(=O)OCc1ccccc1)c1ccc(N2CCn3c(nnc3C(F)(F)F)C2)cc1. The van der Waals surface area contributed by atoms with Gasteiger partial charge in [-0.2, -0.15) is 13.2 Å². The Balaban J connectivity index is 1.59. The summed E-state index contributed by atoms with van der Waals surface area (Å²) in [5, 5.41) is 12.5. The summed E-state index contributed by atoms with van der Waals surface area (Å²) in [4.78, 5) is 28.4. The molecule has 2 aromatic carbocycles. The molecule has 242 valence electrons. The Labute approximate surface area is 265 Å². The van der Waals surface area contributed by atoms with Crippen molar-refractivity contribution in [3.63, 3.8) is 0 Å². The largest absolute Gasteiger partial charge is 0.461 e. The summed E-state index contributed by atoms with van der Waals surface area (Å²) in [6.07, 6.45) is -5.58. The van der Waals surface area contributed by atoms with Crippen LogP contribution in [-0.4, -0.2) is 44.6 Å². The molecule has 1 amide bonds. The molecule has 14 heteroatoms. The van der Waals surface area contributed by atoms with E-state index >= 15 is 0 Å². The van der Waals surface area contributed by atoms with E-state index < -0.39 is 41.1 Å². The van der Waals surface area contributed by atoms with Gasteiger partial charge in [0, 0.05) is 18.8 Å². The Hall–Kier alpha value is -4.20. The number of anilines is 1. The van der Waals surface area contributed by atoms with E-state index in [-0.39, 0.29) is 37.1 Å². The fourth-order valence-corrected chi connectivity index (χ4v) is 5.45. The van der Waals surface area contributed by atoms with Gasteiger partial charge in [0.15, 0.2) is 16.5 Å². The van der Waals surface area contributed by atoms with E-state index in [1.165, 1.54) is 0 Å². The second-order valence-electron chi connectivity index (χ2n) is 12.3. The van der Waals surface area contributed by atoms with Crippen LogP contribution in [0.3, 0.4) is 0 Å². The number of rotatable bonds is 8. The molecule has 1 aliphatic rings. The molecule has 45 heavy (non-hydrogen) atoms. The van der Waals surface area contributed by atoms with Crippen LogP contribution in [-0.2, 0) is 45.7 Å². The number of benzene rings is 2. The molecule has 0 aliphatic carbocycles. The number of esters is 1. The summed E-state index contributed by atoms with van der Waals surface area (Å²) in [5.41, 5.74) is 0.109. The zero-order valence-corrected chi connectivity index (χ0v) is 26.6. The van der Waals surface area contributed by atoms with Crippen molar-refractivity contribution in [2.75, 3.05) is 11.4 Å². The van der Waals surface area contributed by atoms with Crippen molar-refractivity contribution >= 4 is 35.1 Å². The summed E-state index contributed by atoms with van der Waals surface area (Å²) in [7, 11) is 0. The maximum atomic E-state index is 13.9. The normalized spacial score (nSPS) is 14.7. The third kappa shape index (κ3) is 8.50. The van der Waals surface area contributed by atoms with Crippen molar-refractivity contribution in [1.82, 2.24) is 25.4 Å². The average Bonchev–Trinajstić information content (AvgIpc) is 3.39. The highest BCUT2D eigenvalue weighted by Gasteiger charge is 2.46. The number of alkyl halides is 3. The van der Waals surface area contributed by atoms with Gasteiger partial charge in [-0.05, 0) is 61.2 Å².